The van der Waals surface area contributed by atoms with E-state index in [0.717, 1.165) is 0 Å². The maximum Gasteiger partial charge on any atom is 0.399 e. The number of rotatable bonds is 12. The highest BCUT2D eigenvalue weighted by Gasteiger charge is 2.18. The van der Waals surface area contributed by atoms with Gasteiger partial charge in [0.1, 0.15) is 0 Å². The van der Waals surface area contributed by atoms with Crippen molar-refractivity contribution in [3.05, 3.63) is 50.6 Å². The van der Waals surface area contributed by atoms with Crippen LogP contribution < -0.4 is 0 Å². The first-order valence-electron chi connectivity index (χ1n) is 17.0. The molecule has 0 aliphatic heterocycles. The van der Waals surface area contributed by atoms with Crippen molar-refractivity contribution in [2.24, 2.45) is 21.7 Å². The average molecular weight is 897 g/mol. The van der Waals surface area contributed by atoms with Gasteiger partial charge in [0, 0.05) is 0 Å². The molecule has 20 heteroatoms. The van der Waals surface area contributed by atoms with Gasteiger partial charge in [0.2, 0.25) is 0 Å². The summed E-state index contributed by atoms with van der Waals surface area (Å²) in [5.41, 5.74) is 2.48. The fourth-order valence-corrected chi connectivity index (χ4v) is 3.07. The van der Waals surface area contributed by atoms with Crippen LogP contribution in [-0.4, -0.2) is 78.3 Å². The summed E-state index contributed by atoms with van der Waals surface area (Å²) in [4.78, 5) is 0. The minimum Gasteiger partial charge on any atom is -0.264 e. The SMILES string of the molecule is C=C.C=C.C=C(C)C.C=C(C)C.CC(C)(C)CCOS(=O)(=O)O.CC(C)(C)CCOS(=O)(=O)O.CC(C)(C)CCOS(=O)(=O)OCCC(C)(C)C.O=S(=O)(O)O. The summed E-state index contributed by atoms with van der Waals surface area (Å²) in [6.45, 7) is 51.3. The molecular weight excluding hydrogens is 817 g/mol. The average Bonchev–Trinajstić information content (AvgIpc) is 2.85. The summed E-state index contributed by atoms with van der Waals surface area (Å²) in [6.07, 6.45) is 2.53. The first-order valence-corrected chi connectivity index (χ1v) is 22.5. The van der Waals surface area contributed by atoms with E-state index in [1.54, 1.807) is 0 Å². The van der Waals surface area contributed by atoms with Crippen LogP contribution in [0.4, 0.5) is 0 Å². The summed E-state index contributed by atoms with van der Waals surface area (Å²) >= 11 is 0. The van der Waals surface area contributed by atoms with Crippen molar-refractivity contribution in [2.75, 3.05) is 26.4 Å². The third-order valence-corrected chi connectivity index (χ3v) is 6.17. The highest BCUT2D eigenvalue weighted by atomic mass is 32.3. The van der Waals surface area contributed by atoms with Gasteiger partial charge in [-0.25, -0.2) is 16.7 Å². The van der Waals surface area contributed by atoms with Gasteiger partial charge in [-0.3, -0.25) is 18.2 Å². The van der Waals surface area contributed by atoms with E-state index in [9.17, 15) is 25.3 Å². The van der Waals surface area contributed by atoms with Gasteiger partial charge in [0.05, 0.1) is 26.4 Å². The number of allylic oxidation sites excluding steroid dienone is 2. The molecule has 0 bridgehead atoms. The highest BCUT2D eigenvalue weighted by Crippen LogP contribution is 2.21. The summed E-state index contributed by atoms with van der Waals surface area (Å²) < 4.78 is 129. The lowest BCUT2D eigenvalue weighted by Crippen LogP contribution is -2.18. The van der Waals surface area contributed by atoms with Crippen molar-refractivity contribution < 1.29 is 68.6 Å². The van der Waals surface area contributed by atoms with E-state index < -0.39 is 41.6 Å². The maximum atomic E-state index is 11.4. The zero-order valence-corrected chi connectivity index (χ0v) is 40.5. The van der Waals surface area contributed by atoms with E-state index in [0.29, 0.717) is 25.7 Å². The molecule has 0 amide bonds. The van der Waals surface area contributed by atoms with Crippen molar-refractivity contribution >= 4 is 41.6 Å². The van der Waals surface area contributed by atoms with Crippen molar-refractivity contribution in [3.8, 4) is 0 Å². The van der Waals surface area contributed by atoms with Crippen molar-refractivity contribution in [2.45, 2.75) is 136 Å². The lowest BCUT2D eigenvalue weighted by molar-refractivity contribution is 0.175. The minimum atomic E-state index is -4.67. The van der Waals surface area contributed by atoms with E-state index >= 15 is 0 Å². The van der Waals surface area contributed by atoms with Crippen LogP contribution in [0.15, 0.2) is 50.6 Å². The summed E-state index contributed by atoms with van der Waals surface area (Å²) in [5.74, 6) is 0. The van der Waals surface area contributed by atoms with Crippen molar-refractivity contribution in [3.63, 3.8) is 0 Å². The van der Waals surface area contributed by atoms with Gasteiger partial charge in [0.25, 0.3) is 0 Å². The fourth-order valence-electron chi connectivity index (χ4n) is 1.84. The molecule has 0 heterocycles. The molecule has 0 fully saturated rings. The molecule has 0 atom stereocenters. The first kappa shape index (κ1) is 72.1. The second-order valence-corrected chi connectivity index (χ2v) is 21.0. The molecule has 4 N–H and O–H groups in total. The minimum absolute atomic E-state index is 0.0185. The Morgan fingerprint density at radius 3 is 0.643 bits per heavy atom. The molecule has 0 saturated heterocycles. The summed E-state index contributed by atoms with van der Waals surface area (Å²) in [7, 11) is -17.0. The van der Waals surface area contributed by atoms with Gasteiger partial charge >= 0.3 is 41.6 Å². The van der Waals surface area contributed by atoms with E-state index in [-0.39, 0.29) is 48.1 Å². The van der Waals surface area contributed by atoms with Crippen LogP contribution in [0.25, 0.3) is 0 Å². The normalized spacial score (nSPS) is 11.6. The molecule has 0 radical (unpaired) electrons. The number of hydrogen-bond acceptors (Lipinski definition) is 12. The molecule has 16 nitrogen and oxygen atoms in total. The predicted octanol–water partition coefficient (Wildman–Crippen LogP) is 9.74. The second-order valence-electron chi connectivity index (χ2n) is 16.7. The van der Waals surface area contributed by atoms with Crippen LogP contribution in [0.3, 0.4) is 0 Å². The molecule has 344 valence electrons. The predicted molar refractivity (Wildman–Crippen MR) is 230 cm³/mol. The Kier molecular flexibility index (Phi) is 45.6. The monoisotopic (exact) mass is 896 g/mol. The zero-order valence-electron chi connectivity index (χ0n) is 37.2. The molecule has 0 rings (SSSR count). The van der Waals surface area contributed by atoms with Gasteiger partial charge in [-0.05, 0) is 75.0 Å². The maximum absolute atomic E-state index is 11.4. The molecule has 0 aromatic rings. The molecule has 0 aliphatic rings. The Hall–Kier alpha value is -1.56. The van der Waals surface area contributed by atoms with Gasteiger partial charge in [-0.2, -0.15) is 33.7 Å². The Bertz CT molecular complexity index is 1300. The largest absolute Gasteiger partial charge is 0.399 e. The third kappa shape index (κ3) is 150. The summed E-state index contributed by atoms with van der Waals surface area (Å²) in [5, 5.41) is 0. The molecule has 0 saturated carbocycles. The van der Waals surface area contributed by atoms with Crippen LogP contribution in [0.5, 0.6) is 0 Å². The standard InChI is InChI=1S/C12H26O4S.2C6H14O4S.2C4H8.2C2H4.H2O4S/c1-11(2,3)7-9-15-17(13,14)16-10-8-12(4,5)6;2*1-6(2,3)4-5-10-11(7,8)9;2*1-4(2)3;2*1-2;1-5(2,3)4/h7-10H2,1-6H3;2*4-5H2,1-3H3,(H,7,8,9);2*1H2,2-3H3;2*1-2H2;(H2,1,2,3,4). The van der Waals surface area contributed by atoms with Gasteiger partial charge in [-0.1, -0.05) is 94.2 Å². The van der Waals surface area contributed by atoms with E-state index in [1.807, 2.05) is 111 Å². The molecule has 0 spiro atoms. The van der Waals surface area contributed by atoms with Crippen LogP contribution in [-0.2, 0) is 58.3 Å². The Morgan fingerprint density at radius 2 is 0.536 bits per heavy atom. The zero-order chi connectivity index (χ0) is 47.6. The lowest BCUT2D eigenvalue weighted by atomic mass is 9.93. The van der Waals surface area contributed by atoms with Gasteiger partial charge in [-0.15, -0.1) is 39.5 Å². The van der Waals surface area contributed by atoms with Crippen LogP contribution in [0.2, 0.25) is 0 Å². The Balaban J connectivity index is -0.0000000868. The van der Waals surface area contributed by atoms with Crippen LogP contribution in [0, 0.1) is 21.7 Å². The van der Waals surface area contributed by atoms with Crippen LogP contribution >= 0.6 is 0 Å². The molecule has 56 heavy (non-hydrogen) atoms. The topological polar surface area (TPSA) is 254 Å². The lowest BCUT2D eigenvalue weighted by Gasteiger charge is -2.18. The van der Waals surface area contributed by atoms with Gasteiger partial charge < -0.3 is 0 Å². The third-order valence-electron chi connectivity index (χ3n) is 4.33. The smallest absolute Gasteiger partial charge is 0.264 e. The number of hydrogen-bond donors (Lipinski definition) is 4. The molecule has 0 aromatic carbocycles. The Labute approximate surface area is 344 Å². The first-order chi connectivity index (χ1) is 24.3. The molecule has 0 unspecified atom stereocenters. The van der Waals surface area contributed by atoms with E-state index in [4.69, 9.17) is 35.0 Å². The van der Waals surface area contributed by atoms with Gasteiger partial charge in [0.15, 0.2) is 0 Å². The van der Waals surface area contributed by atoms with Crippen molar-refractivity contribution in [1.29, 1.82) is 0 Å². The van der Waals surface area contributed by atoms with E-state index in [1.165, 1.54) is 11.1 Å². The van der Waals surface area contributed by atoms with E-state index in [2.05, 4.69) is 47.8 Å². The van der Waals surface area contributed by atoms with Crippen LogP contribution in [0.1, 0.15) is 136 Å². The fraction of sp³-hybridized carbons (Fsp3) is 0.778. The highest BCUT2D eigenvalue weighted by molar-refractivity contribution is 7.82. The molecule has 0 aliphatic carbocycles. The molecule has 0 aromatic heterocycles. The summed E-state index contributed by atoms with van der Waals surface area (Å²) in [6, 6.07) is 0. The second kappa shape index (κ2) is 35.4. The quantitative estimate of drug-likeness (QED) is 0.105. The van der Waals surface area contributed by atoms with Crippen molar-refractivity contribution in [1.82, 2.24) is 0 Å². The molecular formula is C36H80O16S4. The Morgan fingerprint density at radius 1 is 0.411 bits per heavy atom.